The van der Waals surface area contributed by atoms with Gasteiger partial charge in [-0.15, -0.1) is 13.2 Å². The number of aromatic nitrogens is 1. The number of ether oxygens (including phenoxy) is 3. The van der Waals surface area contributed by atoms with Crippen molar-refractivity contribution in [2.24, 2.45) is 0 Å². The second-order valence-electron chi connectivity index (χ2n) is 7.35. The molecule has 2 N–H and O–H groups in total. The molecule has 0 bridgehead atoms. The first kappa shape index (κ1) is 28.0. The second kappa shape index (κ2) is 10.4. The number of aryl methyl sites for hydroxylation is 1. The van der Waals surface area contributed by atoms with Gasteiger partial charge in [0, 0.05) is 6.07 Å². The smallest absolute Gasteiger partial charge is 0.504 e. The van der Waals surface area contributed by atoms with Crippen LogP contribution in [0, 0.1) is 12.7 Å². The van der Waals surface area contributed by atoms with Gasteiger partial charge < -0.3 is 24.6 Å². The molecule has 3 rings (SSSR count). The van der Waals surface area contributed by atoms with E-state index in [1.54, 1.807) is 0 Å². The van der Waals surface area contributed by atoms with Crippen LogP contribution in [0.25, 0.3) is 0 Å². The fourth-order valence-electron chi connectivity index (χ4n) is 3.07. The molecule has 15 heteroatoms. The molecular formula is C23H15F7N2O6. The van der Waals surface area contributed by atoms with Crippen molar-refractivity contribution >= 4 is 17.6 Å². The summed E-state index contributed by atoms with van der Waals surface area (Å²) in [4.78, 5) is 28.4. The maximum atomic E-state index is 15.0. The molecule has 1 amide bonds. The molecule has 202 valence electrons. The van der Waals surface area contributed by atoms with Crippen LogP contribution in [0.1, 0.15) is 32.1 Å². The summed E-state index contributed by atoms with van der Waals surface area (Å²) < 4.78 is 105. The van der Waals surface area contributed by atoms with Crippen molar-refractivity contribution in [2.45, 2.75) is 19.5 Å². The zero-order valence-electron chi connectivity index (χ0n) is 19.1. The summed E-state index contributed by atoms with van der Waals surface area (Å²) in [6, 6.07) is 5.12. The normalized spacial score (nSPS) is 11.6. The number of alkyl halides is 6. The zero-order chi connectivity index (χ0) is 28.4. The van der Waals surface area contributed by atoms with Gasteiger partial charge in [0.05, 0.1) is 24.1 Å². The minimum Gasteiger partial charge on any atom is -0.504 e. The third-order valence-corrected chi connectivity index (χ3v) is 4.75. The third-order valence-electron chi connectivity index (χ3n) is 4.75. The lowest BCUT2D eigenvalue weighted by molar-refractivity contribution is -0.274. The van der Waals surface area contributed by atoms with Gasteiger partial charge in [0.2, 0.25) is 0 Å². The molecule has 0 aliphatic rings. The average Bonchev–Trinajstić information content (AvgIpc) is 2.79. The van der Waals surface area contributed by atoms with Gasteiger partial charge in [-0.05, 0) is 43.3 Å². The fourth-order valence-corrected chi connectivity index (χ4v) is 3.07. The summed E-state index contributed by atoms with van der Waals surface area (Å²) >= 11 is 0. The topological polar surface area (TPSA) is 107 Å². The molecule has 0 spiro atoms. The SMILES string of the molecule is COC(=O)c1ccc(NC(=O)c2c(Oc3ccc(OC(F)(F)F)cc3O)ccc(C(F)(F)F)c2F)c(C)n1. The largest absolute Gasteiger partial charge is 0.573 e. The Balaban J connectivity index is 2.02. The van der Waals surface area contributed by atoms with E-state index in [2.05, 4.69) is 19.8 Å². The van der Waals surface area contributed by atoms with E-state index < -0.39 is 64.4 Å². The third kappa shape index (κ3) is 6.41. The van der Waals surface area contributed by atoms with Crippen molar-refractivity contribution in [3.8, 4) is 23.0 Å². The number of phenols is 1. The number of aromatic hydroxyl groups is 1. The van der Waals surface area contributed by atoms with Gasteiger partial charge in [-0.25, -0.2) is 14.2 Å². The molecule has 0 atom stereocenters. The number of phenolic OH excluding ortho intramolecular Hbond substituents is 1. The molecule has 38 heavy (non-hydrogen) atoms. The van der Waals surface area contributed by atoms with Crippen molar-refractivity contribution in [2.75, 3.05) is 12.4 Å². The lowest BCUT2D eigenvalue weighted by Crippen LogP contribution is -2.19. The molecule has 2 aromatic carbocycles. The van der Waals surface area contributed by atoms with E-state index >= 15 is 4.39 Å². The standard InChI is InChI=1S/C23H15F7N2O6/c1-10-13(5-6-14(31-10)21(35)36-2)32-20(34)18-17(8-4-12(19(18)24)22(25,26)27)37-16-7-3-11(9-15(16)33)38-23(28,29)30/h3-9,33H,1-2H3,(H,32,34). The van der Waals surface area contributed by atoms with Crippen LogP contribution >= 0.6 is 0 Å². The van der Waals surface area contributed by atoms with Crippen molar-refractivity contribution in [3.63, 3.8) is 0 Å². The Labute approximate surface area is 208 Å². The summed E-state index contributed by atoms with van der Waals surface area (Å²) in [5.41, 5.74) is -3.29. The number of hydrogen-bond donors (Lipinski definition) is 2. The van der Waals surface area contributed by atoms with Gasteiger partial charge >= 0.3 is 18.5 Å². The minimum atomic E-state index is -5.21. The van der Waals surface area contributed by atoms with Crippen molar-refractivity contribution in [1.82, 2.24) is 4.98 Å². The van der Waals surface area contributed by atoms with E-state index in [4.69, 9.17) is 4.74 Å². The molecule has 1 heterocycles. The Kier molecular flexibility index (Phi) is 7.69. The van der Waals surface area contributed by atoms with Gasteiger partial charge in [-0.2, -0.15) is 13.2 Å². The molecule has 0 saturated heterocycles. The first-order chi connectivity index (χ1) is 17.6. The van der Waals surface area contributed by atoms with Gasteiger partial charge in [0.25, 0.3) is 5.91 Å². The summed E-state index contributed by atoms with van der Waals surface area (Å²) in [7, 11) is 1.10. The van der Waals surface area contributed by atoms with E-state index in [1.807, 2.05) is 0 Å². The van der Waals surface area contributed by atoms with Crippen LogP contribution in [-0.4, -0.2) is 35.4 Å². The Morgan fingerprint density at radius 3 is 2.18 bits per heavy atom. The molecule has 0 aliphatic carbocycles. The number of nitrogens with one attached hydrogen (secondary N) is 1. The minimum absolute atomic E-state index is 0.0222. The van der Waals surface area contributed by atoms with Crippen molar-refractivity contribution in [1.29, 1.82) is 0 Å². The molecule has 8 nitrogen and oxygen atoms in total. The van der Waals surface area contributed by atoms with Crippen molar-refractivity contribution in [3.05, 3.63) is 70.8 Å². The Bertz CT molecular complexity index is 1390. The van der Waals surface area contributed by atoms with Crippen LogP contribution in [-0.2, 0) is 10.9 Å². The molecule has 1 aromatic heterocycles. The first-order valence-corrected chi connectivity index (χ1v) is 10.1. The van der Waals surface area contributed by atoms with E-state index in [1.165, 1.54) is 13.0 Å². The van der Waals surface area contributed by atoms with Crippen LogP contribution < -0.4 is 14.8 Å². The second-order valence-corrected chi connectivity index (χ2v) is 7.35. The number of carbonyl (C=O) groups excluding carboxylic acids is 2. The first-order valence-electron chi connectivity index (χ1n) is 10.1. The molecular weight excluding hydrogens is 533 g/mol. The molecule has 0 radical (unpaired) electrons. The summed E-state index contributed by atoms with van der Waals surface area (Å²) in [6.07, 6.45) is -10.3. The highest BCUT2D eigenvalue weighted by atomic mass is 19.4. The van der Waals surface area contributed by atoms with E-state index in [0.717, 1.165) is 19.2 Å². The fraction of sp³-hybridized carbons (Fsp3) is 0.174. The maximum Gasteiger partial charge on any atom is 0.573 e. The number of anilines is 1. The number of nitrogens with zero attached hydrogens (tertiary/aromatic N) is 1. The lowest BCUT2D eigenvalue weighted by atomic mass is 10.1. The van der Waals surface area contributed by atoms with Crippen LogP contribution in [0.5, 0.6) is 23.0 Å². The van der Waals surface area contributed by atoms with Crippen LogP contribution in [0.15, 0.2) is 42.5 Å². The Morgan fingerprint density at radius 1 is 0.974 bits per heavy atom. The van der Waals surface area contributed by atoms with E-state index in [0.29, 0.717) is 18.2 Å². The molecule has 0 unspecified atom stereocenters. The Morgan fingerprint density at radius 2 is 1.63 bits per heavy atom. The van der Waals surface area contributed by atoms with E-state index in [9.17, 15) is 41.0 Å². The number of hydrogen-bond acceptors (Lipinski definition) is 7. The number of benzene rings is 2. The number of carbonyl (C=O) groups is 2. The van der Waals surface area contributed by atoms with Gasteiger partial charge in [-0.1, -0.05) is 0 Å². The van der Waals surface area contributed by atoms with Crippen LogP contribution in [0.4, 0.5) is 36.4 Å². The van der Waals surface area contributed by atoms with Crippen molar-refractivity contribution < 1.29 is 59.6 Å². The summed E-state index contributed by atoms with van der Waals surface area (Å²) in [5.74, 6) is -7.53. The monoisotopic (exact) mass is 548 g/mol. The number of methoxy groups -OCH3 is 1. The van der Waals surface area contributed by atoms with Gasteiger partial charge in [0.15, 0.2) is 17.3 Å². The molecule has 3 aromatic rings. The number of rotatable bonds is 6. The lowest BCUT2D eigenvalue weighted by Gasteiger charge is -2.17. The Hall–Kier alpha value is -4.56. The van der Waals surface area contributed by atoms with Crippen LogP contribution in [0.2, 0.25) is 0 Å². The number of pyridine rings is 1. The molecule has 0 saturated carbocycles. The van der Waals surface area contributed by atoms with E-state index in [-0.39, 0.29) is 23.1 Å². The number of halogens is 7. The molecule has 0 fully saturated rings. The average molecular weight is 548 g/mol. The summed E-state index contributed by atoms with van der Waals surface area (Å²) in [5, 5.41) is 12.2. The predicted molar refractivity (Wildman–Crippen MR) is 115 cm³/mol. The zero-order valence-corrected chi connectivity index (χ0v) is 19.1. The number of amides is 1. The predicted octanol–water partition coefficient (Wildman–Crippen LogP) is 5.98. The summed E-state index contributed by atoms with van der Waals surface area (Å²) in [6.45, 7) is 1.34. The highest BCUT2D eigenvalue weighted by Crippen LogP contribution is 2.40. The highest BCUT2D eigenvalue weighted by molar-refractivity contribution is 6.07. The maximum absolute atomic E-state index is 15.0. The quantitative estimate of drug-likeness (QED) is 0.288. The highest BCUT2D eigenvalue weighted by Gasteiger charge is 2.38. The number of esters is 1. The van der Waals surface area contributed by atoms with Crippen LogP contribution in [0.3, 0.4) is 0 Å². The van der Waals surface area contributed by atoms with Gasteiger partial charge in [0.1, 0.15) is 22.8 Å². The molecule has 0 aliphatic heterocycles. The van der Waals surface area contributed by atoms with Gasteiger partial charge in [-0.3, -0.25) is 4.79 Å².